The second-order valence-electron chi connectivity index (χ2n) is 11.4. The number of ether oxygens (including phenoxy) is 6. The Bertz CT molecular complexity index is 1930. The zero-order chi connectivity index (χ0) is 42.9. The Morgan fingerprint density at radius 2 is 1.05 bits per heavy atom. The molecule has 0 saturated carbocycles. The first kappa shape index (κ1) is 48.8. The van der Waals surface area contributed by atoms with Crippen molar-refractivity contribution in [1.29, 1.82) is 0 Å². The molecule has 0 bridgehead atoms. The van der Waals surface area contributed by atoms with Gasteiger partial charge >= 0.3 is 57.8 Å². The third kappa shape index (κ3) is 14.0. The second kappa shape index (κ2) is 18.4. The second-order valence-corrected chi connectivity index (χ2v) is 17.0. The molecule has 0 spiro atoms. The van der Waals surface area contributed by atoms with E-state index in [-0.39, 0.29) is 0 Å². The van der Waals surface area contributed by atoms with E-state index in [1.54, 1.807) is 0 Å². The smallest absolute Gasteiger partial charge is 0.397 e. The van der Waals surface area contributed by atoms with E-state index in [0.717, 1.165) is 7.11 Å². The maximum atomic E-state index is 12.4. The molecular formula is C19H34N2O30S5. The summed E-state index contributed by atoms with van der Waals surface area (Å²) in [5.74, 6) is -2.17. The van der Waals surface area contributed by atoms with Crippen LogP contribution in [0.1, 0.15) is 0 Å². The van der Waals surface area contributed by atoms with Gasteiger partial charge in [-0.1, -0.05) is 0 Å². The average Bonchev–Trinajstić information content (AvgIpc) is 3.01. The molecule has 3 rings (SSSR count). The number of aliphatic carboxylic acids is 1. The van der Waals surface area contributed by atoms with Crippen molar-refractivity contribution < 1.29 is 136 Å². The van der Waals surface area contributed by atoms with Gasteiger partial charge in [0, 0.05) is 7.11 Å². The molecule has 32 nitrogen and oxygen atoms in total. The molecule has 3 fully saturated rings. The fraction of sp³-hybridized carbons (Fsp3) is 0.947. The Morgan fingerprint density at radius 3 is 1.52 bits per heavy atom. The molecule has 3 aliphatic heterocycles. The van der Waals surface area contributed by atoms with E-state index in [2.05, 4.69) is 12.5 Å². The van der Waals surface area contributed by atoms with Crippen LogP contribution in [-0.2, 0) is 97.6 Å². The van der Waals surface area contributed by atoms with E-state index < -0.39 is 163 Å². The van der Waals surface area contributed by atoms with Gasteiger partial charge in [-0.25, -0.2) is 17.3 Å². The summed E-state index contributed by atoms with van der Waals surface area (Å²) in [5.41, 5.74) is 0. The molecule has 12 N–H and O–H groups in total. The van der Waals surface area contributed by atoms with Crippen molar-refractivity contribution >= 4 is 57.8 Å². The molecule has 56 heavy (non-hydrogen) atoms. The minimum Gasteiger partial charge on any atom is -0.479 e. The fourth-order valence-corrected chi connectivity index (χ4v) is 7.66. The van der Waals surface area contributed by atoms with E-state index in [9.17, 15) is 86.1 Å². The van der Waals surface area contributed by atoms with Crippen molar-refractivity contribution in [2.24, 2.45) is 0 Å². The number of carbonyl (C=O) groups is 1. The Kier molecular flexibility index (Phi) is 16.0. The number of rotatable bonds is 18. The zero-order valence-electron chi connectivity index (χ0n) is 27.3. The molecule has 330 valence electrons. The lowest BCUT2D eigenvalue weighted by molar-refractivity contribution is -0.360. The van der Waals surface area contributed by atoms with Crippen molar-refractivity contribution in [3.05, 3.63) is 0 Å². The number of carboxylic acid groups (broad SMARTS) is 1. The van der Waals surface area contributed by atoms with Gasteiger partial charge in [-0.3, -0.25) is 22.8 Å². The highest BCUT2D eigenvalue weighted by Crippen LogP contribution is 2.34. The van der Waals surface area contributed by atoms with Crippen LogP contribution in [0.3, 0.4) is 0 Å². The van der Waals surface area contributed by atoms with Crippen LogP contribution in [0.5, 0.6) is 0 Å². The molecule has 0 radical (unpaired) electrons. The Labute approximate surface area is 315 Å². The quantitative estimate of drug-likeness (QED) is 0.0568. The molecule has 37 heteroatoms. The van der Waals surface area contributed by atoms with Crippen LogP contribution < -0.4 is 9.44 Å². The molecule has 0 aromatic heterocycles. The molecule has 0 amide bonds. The predicted molar refractivity (Wildman–Crippen MR) is 163 cm³/mol. The monoisotopic (exact) mass is 930 g/mol. The number of nitrogens with one attached hydrogen (secondary N) is 2. The number of hydrogen-bond donors (Lipinski definition) is 12. The van der Waals surface area contributed by atoms with Crippen LogP contribution in [0.25, 0.3) is 0 Å². The van der Waals surface area contributed by atoms with Crippen LogP contribution in [0.4, 0.5) is 0 Å². The lowest BCUT2D eigenvalue weighted by atomic mass is 9.95. The summed E-state index contributed by atoms with van der Waals surface area (Å²) in [4.78, 5) is 12.4. The van der Waals surface area contributed by atoms with E-state index in [4.69, 9.17) is 37.5 Å². The molecule has 3 aliphatic rings. The van der Waals surface area contributed by atoms with Gasteiger partial charge in [-0.15, -0.1) is 0 Å². The minimum atomic E-state index is -5.76. The third-order valence-corrected chi connectivity index (χ3v) is 9.99. The van der Waals surface area contributed by atoms with Gasteiger partial charge in [0.2, 0.25) is 0 Å². The van der Waals surface area contributed by atoms with Crippen molar-refractivity contribution in [2.75, 3.05) is 20.3 Å². The zero-order valence-corrected chi connectivity index (χ0v) is 31.3. The van der Waals surface area contributed by atoms with Crippen LogP contribution in [0, 0.1) is 0 Å². The molecule has 3 heterocycles. The van der Waals surface area contributed by atoms with Crippen molar-refractivity contribution in [3.63, 3.8) is 0 Å². The van der Waals surface area contributed by atoms with Crippen molar-refractivity contribution in [2.45, 2.75) is 92.0 Å². The first-order valence-electron chi connectivity index (χ1n) is 14.4. The fourth-order valence-electron chi connectivity index (χ4n) is 5.35. The number of aliphatic hydroxyl groups excluding tert-OH is 4. The van der Waals surface area contributed by atoms with Crippen LogP contribution in [0.2, 0.25) is 0 Å². The lowest BCUT2D eigenvalue weighted by Crippen LogP contribution is -2.70. The molecule has 0 aliphatic carbocycles. The standard InChI is InChI=1S/C19H34N2O30S5/c1-43-17-7(21-53(31,32)33)13(51-56(40,41)42)12(5(47-17)3-45-55(37,38)39)48-19-11(25)10(24)14(15(50-19)16(26)27)49-18-6(20-52(28,29)30)9(23)8(22)4(46-18)2-44-54(34,35)36/h4-15,17-25H,2-3H2,1H3,(H,26,27)(H,28,29,30)(H,31,32,33)(H,34,35,36)(H,37,38,39)(H,40,41,42). The van der Waals surface area contributed by atoms with E-state index in [1.165, 1.54) is 9.44 Å². The van der Waals surface area contributed by atoms with Crippen LogP contribution in [0.15, 0.2) is 0 Å². The largest absolute Gasteiger partial charge is 0.479 e. The van der Waals surface area contributed by atoms with Crippen LogP contribution in [-0.4, -0.2) is 209 Å². The van der Waals surface area contributed by atoms with Gasteiger partial charge in [0.25, 0.3) is 0 Å². The summed E-state index contributed by atoms with van der Waals surface area (Å²) in [7, 11) is -26.5. The molecule has 0 aromatic rings. The number of hydrogen-bond acceptors (Lipinski definition) is 24. The first-order chi connectivity index (χ1) is 25.3. The van der Waals surface area contributed by atoms with Crippen molar-refractivity contribution in [3.8, 4) is 0 Å². The molecule has 15 unspecified atom stereocenters. The summed E-state index contributed by atoms with van der Waals surface area (Å²) in [6.07, 6.45) is -32.2. The highest BCUT2D eigenvalue weighted by Gasteiger charge is 2.57. The molecule has 0 aromatic carbocycles. The van der Waals surface area contributed by atoms with Gasteiger partial charge in [0.05, 0.1) is 13.2 Å². The number of aliphatic hydroxyl groups is 4. The van der Waals surface area contributed by atoms with E-state index >= 15 is 0 Å². The van der Waals surface area contributed by atoms with Crippen LogP contribution >= 0.6 is 0 Å². The Morgan fingerprint density at radius 1 is 0.571 bits per heavy atom. The number of methoxy groups -OCH3 is 1. The first-order valence-corrected chi connectivity index (χ1v) is 21.4. The highest BCUT2D eigenvalue weighted by atomic mass is 32.3. The summed E-state index contributed by atoms with van der Waals surface area (Å²) in [6, 6.07) is -4.73. The van der Waals surface area contributed by atoms with Gasteiger partial charge in [0.15, 0.2) is 25.0 Å². The van der Waals surface area contributed by atoms with Crippen molar-refractivity contribution in [1.82, 2.24) is 9.44 Å². The molecular weight excluding hydrogens is 897 g/mol. The van der Waals surface area contributed by atoms with Gasteiger partial charge in [-0.05, 0) is 0 Å². The van der Waals surface area contributed by atoms with Gasteiger partial charge < -0.3 is 54.0 Å². The van der Waals surface area contributed by atoms with E-state index in [1.807, 2.05) is 0 Å². The summed E-state index contributed by atoms with van der Waals surface area (Å²) < 4.78 is 208. The van der Waals surface area contributed by atoms with Gasteiger partial charge in [-0.2, -0.15) is 51.5 Å². The predicted octanol–water partition coefficient (Wildman–Crippen LogP) is -8.55. The summed E-state index contributed by atoms with van der Waals surface area (Å²) >= 11 is 0. The van der Waals surface area contributed by atoms with E-state index in [0.29, 0.717) is 0 Å². The maximum absolute atomic E-state index is 12.4. The van der Waals surface area contributed by atoms with Gasteiger partial charge in [0.1, 0.15) is 67.0 Å². The summed E-state index contributed by atoms with van der Waals surface area (Å²) in [6.45, 7) is -2.80. The lowest BCUT2D eigenvalue weighted by Gasteiger charge is -2.48. The Balaban J connectivity index is 2.05. The maximum Gasteiger partial charge on any atom is 0.397 e. The third-order valence-electron chi connectivity index (χ3n) is 7.52. The Hall–Kier alpha value is -1.58. The molecule has 3 saturated heterocycles. The topological polar surface area (TPSA) is 497 Å². The molecule has 15 atom stereocenters. The average molecular weight is 931 g/mol. The minimum absolute atomic E-state index is 0.771. The normalized spacial score (nSPS) is 37.9. The SMILES string of the molecule is COC1OC(COS(=O)(=O)O)C(OC2OC(C(=O)O)C(OC3OC(COS(=O)(=O)O)C(O)C(O)C3NS(=O)(=O)O)C(O)C2O)C(OS(=O)(=O)O)C1NS(=O)(=O)O. The number of carboxylic acids is 1. The highest BCUT2D eigenvalue weighted by molar-refractivity contribution is 7.84. The summed E-state index contributed by atoms with van der Waals surface area (Å²) in [5, 5.41) is 52.9.